The van der Waals surface area contributed by atoms with Gasteiger partial charge in [0, 0.05) is 11.5 Å². The summed E-state index contributed by atoms with van der Waals surface area (Å²) in [6.45, 7) is 0.710. The van der Waals surface area contributed by atoms with E-state index in [1.54, 1.807) is 12.1 Å². The van der Waals surface area contributed by atoms with Crippen LogP contribution in [-0.2, 0) is 0 Å². The van der Waals surface area contributed by atoms with Crippen molar-refractivity contribution >= 4 is 5.78 Å². The van der Waals surface area contributed by atoms with Crippen molar-refractivity contribution in [2.45, 2.75) is 0 Å². The number of rotatable bonds is 2. The lowest BCUT2D eigenvalue weighted by Gasteiger charge is -2.43. The Bertz CT molecular complexity index is 304. The molecule has 0 atom stereocenters. The molecule has 0 saturated carbocycles. The average molecular weight is 176 g/mol. The second-order valence-corrected chi connectivity index (χ2v) is 3.27. The maximum Gasteiger partial charge on any atom is 0.168 e. The largest absolute Gasteiger partial charge is 0.785 e. The molecule has 0 bridgehead atoms. The van der Waals surface area contributed by atoms with Crippen LogP contribution in [0.4, 0.5) is 0 Å². The predicted octanol–water partition coefficient (Wildman–Crippen LogP) is 1.30. The quantitative estimate of drug-likeness (QED) is 0.638. The zero-order valence-electron chi connectivity index (χ0n) is 7.14. The molecule has 0 spiro atoms. The van der Waals surface area contributed by atoms with Gasteiger partial charge in [-0.25, -0.2) is 0 Å². The normalized spacial score (nSPS) is 18.2. The monoisotopic (exact) mass is 176 g/mol. The number of benzene rings is 1. The van der Waals surface area contributed by atoms with Crippen molar-refractivity contribution < 1.29 is 4.79 Å². The van der Waals surface area contributed by atoms with E-state index in [2.05, 4.69) is 0 Å². The Morgan fingerprint density at radius 3 is 2.46 bits per heavy atom. The summed E-state index contributed by atoms with van der Waals surface area (Å²) in [4.78, 5) is 11.6. The molecule has 0 N–H and O–H groups in total. The Kier molecular flexibility index (Phi) is 2.12. The number of hydrogen-bond acceptors (Lipinski definition) is 3. The SMILES string of the molecule is O=C(c1ccccc1)C1CN([O-])C1. The molecule has 0 aliphatic carbocycles. The highest BCUT2D eigenvalue weighted by molar-refractivity contribution is 5.98. The summed E-state index contributed by atoms with van der Waals surface area (Å²) in [5.41, 5.74) is 0.709. The van der Waals surface area contributed by atoms with Crippen LogP contribution in [0.15, 0.2) is 30.3 Å². The smallest absolute Gasteiger partial charge is 0.168 e. The van der Waals surface area contributed by atoms with Crippen molar-refractivity contribution in [1.82, 2.24) is 5.06 Å². The minimum Gasteiger partial charge on any atom is -0.785 e. The maximum atomic E-state index is 11.6. The lowest BCUT2D eigenvalue weighted by Crippen LogP contribution is -2.46. The molecule has 0 aromatic heterocycles. The molecule has 0 unspecified atom stereocenters. The van der Waals surface area contributed by atoms with Crippen LogP contribution in [0, 0.1) is 11.1 Å². The summed E-state index contributed by atoms with van der Waals surface area (Å²) in [7, 11) is 0. The molecule has 0 radical (unpaired) electrons. The molecule has 68 valence electrons. The Hall–Kier alpha value is -1.19. The number of Topliss-reactive ketones (excluding diaryl/α,β-unsaturated/α-hetero) is 1. The number of hydroxylamine groups is 2. The number of nitrogens with zero attached hydrogens (tertiary/aromatic N) is 1. The fourth-order valence-electron chi connectivity index (χ4n) is 1.44. The van der Waals surface area contributed by atoms with Gasteiger partial charge in [0.25, 0.3) is 0 Å². The van der Waals surface area contributed by atoms with E-state index in [1.165, 1.54) is 0 Å². The van der Waals surface area contributed by atoms with Gasteiger partial charge in [0.1, 0.15) is 0 Å². The first-order chi connectivity index (χ1) is 6.27. The first-order valence-electron chi connectivity index (χ1n) is 4.29. The van der Waals surface area contributed by atoms with Gasteiger partial charge in [-0.2, -0.15) is 0 Å². The van der Waals surface area contributed by atoms with Crippen molar-refractivity contribution in [1.29, 1.82) is 0 Å². The number of ketones is 1. The van der Waals surface area contributed by atoms with Crippen molar-refractivity contribution in [3.63, 3.8) is 0 Å². The fraction of sp³-hybridized carbons (Fsp3) is 0.300. The average Bonchev–Trinajstić information content (AvgIpc) is 2.13. The Morgan fingerprint density at radius 2 is 1.92 bits per heavy atom. The summed E-state index contributed by atoms with van der Waals surface area (Å²) >= 11 is 0. The number of carbonyl (C=O) groups is 1. The molecular weight excluding hydrogens is 166 g/mol. The minimum absolute atomic E-state index is 0.0834. The van der Waals surface area contributed by atoms with E-state index in [-0.39, 0.29) is 11.7 Å². The highest BCUT2D eigenvalue weighted by atomic mass is 16.5. The Labute approximate surface area is 76.6 Å². The van der Waals surface area contributed by atoms with Crippen molar-refractivity contribution in [2.24, 2.45) is 5.92 Å². The first-order valence-corrected chi connectivity index (χ1v) is 4.29. The molecule has 1 saturated heterocycles. The zero-order chi connectivity index (χ0) is 9.26. The van der Waals surface area contributed by atoms with Crippen molar-refractivity contribution in [2.75, 3.05) is 13.1 Å². The molecule has 1 aliphatic rings. The van der Waals surface area contributed by atoms with E-state index in [0.717, 1.165) is 5.06 Å². The summed E-state index contributed by atoms with van der Waals surface area (Å²) in [6.07, 6.45) is 0. The Morgan fingerprint density at radius 1 is 1.31 bits per heavy atom. The van der Waals surface area contributed by atoms with E-state index >= 15 is 0 Å². The molecule has 1 fully saturated rings. The molecule has 3 heteroatoms. The molecule has 1 aromatic carbocycles. The molecular formula is C10H10NO2-. The molecule has 1 heterocycles. The highest BCUT2D eigenvalue weighted by Gasteiger charge is 2.27. The summed E-state index contributed by atoms with van der Waals surface area (Å²) < 4.78 is 0. The standard InChI is InChI=1S/C10H10NO2/c12-10(9-6-11(13)7-9)8-4-2-1-3-5-8/h1-5,9H,6-7H2/q-1. The van der Waals surface area contributed by atoms with Gasteiger partial charge in [0.05, 0.1) is 0 Å². The van der Waals surface area contributed by atoms with Crippen LogP contribution in [0.5, 0.6) is 0 Å². The molecule has 1 aliphatic heterocycles. The fourth-order valence-corrected chi connectivity index (χ4v) is 1.44. The number of carbonyl (C=O) groups excluding carboxylic acids is 1. The second-order valence-electron chi connectivity index (χ2n) is 3.27. The molecule has 13 heavy (non-hydrogen) atoms. The zero-order valence-corrected chi connectivity index (χ0v) is 7.14. The lowest BCUT2D eigenvalue weighted by atomic mass is 9.92. The lowest BCUT2D eigenvalue weighted by molar-refractivity contribution is 0.0747. The summed E-state index contributed by atoms with van der Waals surface area (Å²) in [5.74, 6) is 0.00704. The van der Waals surface area contributed by atoms with Gasteiger partial charge in [-0.15, -0.1) is 0 Å². The van der Waals surface area contributed by atoms with Gasteiger partial charge in [-0.1, -0.05) is 30.3 Å². The maximum absolute atomic E-state index is 11.6. The van der Waals surface area contributed by atoms with Crippen molar-refractivity contribution in [3.05, 3.63) is 41.1 Å². The van der Waals surface area contributed by atoms with Crippen LogP contribution in [0.2, 0.25) is 0 Å². The first kappa shape index (κ1) is 8.41. The van der Waals surface area contributed by atoms with E-state index in [0.29, 0.717) is 18.7 Å². The van der Waals surface area contributed by atoms with E-state index < -0.39 is 0 Å². The topological polar surface area (TPSA) is 43.4 Å². The summed E-state index contributed by atoms with van der Waals surface area (Å²) in [5, 5.41) is 11.5. The van der Waals surface area contributed by atoms with Gasteiger partial charge in [-0.05, 0) is 13.1 Å². The minimum atomic E-state index is -0.0834. The predicted molar refractivity (Wildman–Crippen MR) is 49.2 cm³/mol. The van der Waals surface area contributed by atoms with Crippen LogP contribution in [0.3, 0.4) is 0 Å². The highest BCUT2D eigenvalue weighted by Crippen LogP contribution is 2.18. The second kappa shape index (κ2) is 3.28. The third-order valence-electron chi connectivity index (χ3n) is 2.28. The molecule has 0 amide bonds. The van der Waals surface area contributed by atoms with E-state index in [1.807, 2.05) is 18.2 Å². The van der Waals surface area contributed by atoms with Gasteiger partial charge < -0.3 is 10.3 Å². The van der Waals surface area contributed by atoms with Crippen LogP contribution in [0.1, 0.15) is 10.4 Å². The summed E-state index contributed by atoms with van der Waals surface area (Å²) in [6, 6.07) is 9.12. The van der Waals surface area contributed by atoms with Crippen LogP contribution in [0.25, 0.3) is 0 Å². The van der Waals surface area contributed by atoms with Gasteiger partial charge in [-0.3, -0.25) is 4.79 Å². The Balaban J connectivity index is 2.06. The van der Waals surface area contributed by atoms with E-state index in [9.17, 15) is 10.0 Å². The van der Waals surface area contributed by atoms with Crippen LogP contribution < -0.4 is 0 Å². The van der Waals surface area contributed by atoms with Gasteiger partial charge in [0.2, 0.25) is 0 Å². The van der Waals surface area contributed by atoms with Gasteiger partial charge in [0.15, 0.2) is 5.78 Å². The molecule has 2 rings (SSSR count). The van der Waals surface area contributed by atoms with Crippen LogP contribution in [-0.4, -0.2) is 23.9 Å². The van der Waals surface area contributed by atoms with E-state index in [4.69, 9.17) is 0 Å². The van der Waals surface area contributed by atoms with Crippen molar-refractivity contribution in [3.8, 4) is 0 Å². The molecule has 3 nitrogen and oxygen atoms in total. The van der Waals surface area contributed by atoms with Crippen LogP contribution >= 0.6 is 0 Å². The number of hydrogen-bond donors (Lipinski definition) is 0. The third kappa shape index (κ3) is 1.61. The van der Waals surface area contributed by atoms with Gasteiger partial charge >= 0.3 is 0 Å². The third-order valence-corrected chi connectivity index (χ3v) is 2.28. The molecule has 1 aromatic rings.